The van der Waals surface area contributed by atoms with Crippen LogP contribution in [0.4, 0.5) is 0 Å². The quantitative estimate of drug-likeness (QED) is 0.0637. The summed E-state index contributed by atoms with van der Waals surface area (Å²) >= 11 is 6.82. The molecule has 9 heteroatoms. The van der Waals surface area contributed by atoms with Crippen molar-refractivity contribution < 1.29 is 19.8 Å². The number of hydrogen-bond donors (Lipinski definition) is 4. The molecule has 2 heterocycles. The summed E-state index contributed by atoms with van der Waals surface area (Å²) in [6.07, 6.45) is 11.1. The van der Waals surface area contributed by atoms with E-state index in [0.29, 0.717) is 23.4 Å². The average Bonchev–Trinajstić information content (AvgIpc) is 3.96. The van der Waals surface area contributed by atoms with Gasteiger partial charge in [0.05, 0.1) is 23.4 Å². The number of allylic oxidation sites excluding steroid dienone is 2. The fourth-order valence-electron chi connectivity index (χ4n) is 8.22. The Hall–Kier alpha value is -7.55. The van der Waals surface area contributed by atoms with Gasteiger partial charge in [-0.1, -0.05) is 123 Å². The van der Waals surface area contributed by atoms with Crippen molar-refractivity contribution in [2.24, 2.45) is 0 Å². The third-order valence-corrected chi connectivity index (χ3v) is 11.4. The van der Waals surface area contributed by atoms with E-state index in [-0.39, 0.29) is 0 Å². The number of benzene rings is 6. The topological polar surface area (TPSA) is 132 Å². The number of nitrogens with zero attached hydrogens (tertiary/aromatic N) is 2. The van der Waals surface area contributed by atoms with Crippen LogP contribution in [0, 0.1) is 0 Å². The third-order valence-electron chi connectivity index (χ3n) is 11.1. The van der Waals surface area contributed by atoms with E-state index in [4.69, 9.17) is 11.6 Å². The van der Waals surface area contributed by atoms with Crippen molar-refractivity contribution in [3.63, 3.8) is 0 Å². The van der Waals surface area contributed by atoms with Crippen molar-refractivity contribution in [2.45, 2.75) is 33.1 Å². The summed E-state index contributed by atoms with van der Waals surface area (Å²) < 4.78 is 0. The molecule has 0 saturated carbocycles. The maximum atomic E-state index is 11.8. The fraction of sp³-hybridized carbons (Fsp3) is 0.0943. The van der Waals surface area contributed by atoms with Gasteiger partial charge in [0.2, 0.25) is 0 Å². The highest BCUT2D eigenvalue weighted by molar-refractivity contribution is 6.32. The molecule has 0 amide bonds. The monoisotopic (exact) mass is 834 g/mol. The lowest BCUT2D eigenvalue weighted by molar-refractivity contribution is -0.132. The lowest BCUT2D eigenvalue weighted by atomic mass is 9.85. The van der Waals surface area contributed by atoms with Gasteiger partial charge in [-0.3, -0.25) is 10.2 Å². The number of carboxylic acid groups (broad SMARTS) is 2. The van der Waals surface area contributed by atoms with Gasteiger partial charge in [-0.15, -0.1) is 0 Å². The molecule has 0 aliphatic rings. The van der Waals surface area contributed by atoms with E-state index in [9.17, 15) is 19.8 Å². The van der Waals surface area contributed by atoms with Crippen molar-refractivity contribution in [2.75, 3.05) is 0 Å². The standard InChI is InChI=1S/C53H43ClN4O4/c1-3-45(35-10-6-5-7-11-35)52(39-17-21-48-43(28-39)31-55-57-48)38-15-13-34(19-23-50(59)60)42(27-38)26-33-9-8-12-37(25-33)46(4-2)53(40-18-22-49-44(29-40)32-56-58-49)41-16-14-36(47(54)30-41)20-24-51(61)62/h5-25,27-32H,3-4,26H2,1-2H3,(H,55,57)(H,56,58)(H,59,60)(H,61,62)/b23-19+,24-20+,52-45+,53-46-. The second kappa shape index (κ2) is 18.4. The lowest BCUT2D eigenvalue weighted by Gasteiger charge is -2.19. The third kappa shape index (κ3) is 8.96. The Morgan fingerprint density at radius 2 is 1.08 bits per heavy atom. The molecule has 8 aromatic rings. The number of halogens is 1. The summed E-state index contributed by atoms with van der Waals surface area (Å²) in [7, 11) is 0. The molecule has 4 N–H and O–H groups in total. The van der Waals surface area contributed by atoms with Crippen molar-refractivity contribution in [1.29, 1.82) is 0 Å². The SMILES string of the molecule is CC/C(=C(/c1ccc(/C=C/C(=O)O)c(Cl)c1)c1ccc2[nH]ncc2c1)c1cccc(Cc2cc(/C(=C(/CC)c3ccccc3)c3ccc4[nH]ncc4c3)ccc2/C=C/C(=O)O)c1. The maximum absolute atomic E-state index is 11.8. The molecule has 0 spiro atoms. The number of H-pyrrole nitrogens is 2. The molecule has 8 rings (SSSR count). The Balaban J connectivity index is 1.27. The average molecular weight is 835 g/mol. The van der Waals surface area contributed by atoms with Crippen LogP contribution in [0.1, 0.15) is 82.3 Å². The number of carboxylic acids is 2. The Morgan fingerprint density at radius 1 is 0.565 bits per heavy atom. The molecular formula is C53H43ClN4O4. The van der Waals surface area contributed by atoms with Gasteiger partial charge in [-0.25, -0.2) is 9.59 Å². The summed E-state index contributed by atoms with van der Waals surface area (Å²) in [6.45, 7) is 4.31. The first kappa shape index (κ1) is 41.2. The molecule has 62 heavy (non-hydrogen) atoms. The second-order valence-corrected chi connectivity index (χ2v) is 15.4. The van der Waals surface area contributed by atoms with Crippen molar-refractivity contribution in [3.05, 3.63) is 213 Å². The minimum Gasteiger partial charge on any atom is -0.478 e. The van der Waals surface area contributed by atoms with Gasteiger partial charge in [-0.05, 0) is 140 Å². The second-order valence-electron chi connectivity index (χ2n) is 15.0. The summed E-state index contributed by atoms with van der Waals surface area (Å²) in [5.74, 6) is -2.07. The van der Waals surface area contributed by atoms with Crippen LogP contribution >= 0.6 is 11.6 Å². The Bertz CT molecular complexity index is 3100. The number of carbonyl (C=O) groups is 2. The maximum Gasteiger partial charge on any atom is 0.328 e. The van der Waals surface area contributed by atoms with E-state index in [0.717, 1.165) is 101 Å². The van der Waals surface area contributed by atoms with Crippen LogP contribution in [0.15, 0.2) is 152 Å². The van der Waals surface area contributed by atoms with E-state index in [1.807, 2.05) is 42.6 Å². The van der Waals surface area contributed by atoms with E-state index in [1.165, 1.54) is 17.7 Å². The zero-order chi connectivity index (χ0) is 43.2. The van der Waals surface area contributed by atoms with Crippen LogP contribution in [0.5, 0.6) is 0 Å². The highest BCUT2D eigenvalue weighted by atomic mass is 35.5. The summed E-state index contributed by atoms with van der Waals surface area (Å²) in [5, 5.41) is 36.0. The van der Waals surface area contributed by atoms with Gasteiger partial charge in [0.25, 0.3) is 0 Å². The van der Waals surface area contributed by atoms with Crippen LogP contribution in [0.25, 0.3) is 56.3 Å². The molecular weight excluding hydrogens is 792 g/mol. The number of aliphatic carboxylic acids is 2. The number of aromatic nitrogens is 4. The van der Waals surface area contributed by atoms with Crippen LogP contribution in [0.3, 0.4) is 0 Å². The zero-order valence-electron chi connectivity index (χ0n) is 34.2. The molecule has 0 saturated heterocycles. The van der Waals surface area contributed by atoms with Crippen LogP contribution in [-0.2, 0) is 16.0 Å². The van der Waals surface area contributed by atoms with Gasteiger partial charge < -0.3 is 10.2 Å². The van der Waals surface area contributed by atoms with Crippen molar-refractivity contribution in [1.82, 2.24) is 20.4 Å². The molecule has 6 aromatic carbocycles. The van der Waals surface area contributed by atoms with Crippen molar-refractivity contribution >= 4 is 79.8 Å². The first-order valence-corrected chi connectivity index (χ1v) is 20.8. The molecule has 8 nitrogen and oxygen atoms in total. The molecule has 0 aliphatic carbocycles. The molecule has 306 valence electrons. The van der Waals surface area contributed by atoms with Crippen LogP contribution in [-0.4, -0.2) is 42.5 Å². The number of rotatable bonds is 14. The smallest absolute Gasteiger partial charge is 0.328 e. The summed E-state index contributed by atoms with van der Waals surface area (Å²) in [5.41, 5.74) is 15.8. The fourth-order valence-corrected chi connectivity index (χ4v) is 8.47. The van der Waals surface area contributed by atoms with Crippen molar-refractivity contribution in [3.8, 4) is 0 Å². The number of fused-ring (bicyclic) bond motifs is 2. The Morgan fingerprint density at radius 3 is 1.66 bits per heavy atom. The number of nitrogens with one attached hydrogen (secondary N) is 2. The molecule has 2 aromatic heterocycles. The minimum atomic E-state index is -1.05. The Labute approximate surface area is 364 Å². The highest BCUT2D eigenvalue weighted by Crippen LogP contribution is 2.39. The van der Waals surface area contributed by atoms with Gasteiger partial charge in [0, 0.05) is 27.9 Å². The predicted octanol–water partition coefficient (Wildman–Crippen LogP) is 12.6. The van der Waals surface area contributed by atoms with E-state index in [2.05, 4.69) is 125 Å². The number of hydrogen-bond acceptors (Lipinski definition) is 4. The molecule has 0 aliphatic heterocycles. The molecule has 0 atom stereocenters. The van der Waals surface area contributed by atoms with E-state index >= 15 is 0 Å². The Kier molecular flexibility index (Phi) is 12.2. The van der Waals surface area contributed by atoms with Crippen LogP contribution in [0.2, 0.25) is 5.02 Å². The summed E-state index contributed by atoms with van der Waals surface area (Å²) in [4.78, 5) is 23.1. The molecule has 0 bridgehead atoms. The lowest BCUT2D eigenvalue weighted by Crippen LogP contribution is -2.00. The molecule has 0 fully saturated rings. The van der Waals surface area contributed by atoms with E-state index < -0.39 is 11.9 Å². The van der Waals surface area contributed by atoms with E-state index in [1.54, 1.807) is 12.3 Å². The first-order chi connectivity index (χ1) is 30.2. The first-order valence-electron chi connectivity index (χ1n) is 20.4. The van der Waals surface area contributed by atoms with Gasteiger partial charge in [-0.2, -0.15) is 10.2 Å². The molecule has 0 radical (unpaired) electrons. The molecule has 0 unspecified atom stereocenters. The van der Waals surface area contributed by atoms with Crippen LogP contribution < -0.4 is 0 Å². The van der Waals surface area contributed by atoms with Gasteiger partial charge in [0.1, 0.15) is 0 Å². The minimum absolute atomic E-state index is 0.435. The number of aromatic amines is 2. The predicted molar refractivity (Wildman–Crippen MR) is 252 cm³/mol. The largest absolute Gasteiger partial charge is 0.478 e. The van der Waals surface area contributed by atoms with Gasteiger partial charge in [0.15, 0.2) is 0 Å². The van der Waals surface area contributed by atoms with Gasteiger partial charge >= 0.3 is 11.9 Å². The summed E-state index contributed by atoms with van der Waals surface area (Å²) in [6, 6.07) is 43.5. The normalized spacial score (nSPS) is 12.6. The highest BCUT2D eigenvalue weighted by Gasteiger charge is 2.19. The zero-order valence-corrected chi connectivity index (χ0v) is 34.9.